The van der Waals surface area contributed by atoms with Gasteiger partial charge in [0.2, 0.25) is 0 Å². The summed E-state index contributed by atoms with van der Waals surface area (Å²) < 4.78 is 13.9. The highest BCUT2D eigenvalue weighted by molar-refractivity contribution is 7.98. The third kappa shape index (κ3) is 5.55. The first-order valence-corrected chi connectivity index (χ1v) is 10.6. The van der Waals surface area contributed by atoms with Crippen molar-refractivity contribution < 1.29 is 19.1 Å². The predicted octanol–water partition coefficient (Wildman–Crippen LogP) is 4.27. The summed E-state index contributed by atoms with van der Waals surface area (Å²) >= 11 is 1.22. The van der Waals surface area contributed by atoms with Crippen LogP contribution < -0.4 is 14.8 Å². The zero-order valence-corrected chi connectivity index (χ0v) is 17.4. The molecular formula is C23H21N3O4S. The van der Waals surface area contributed by atoms with E-state index in [2.05, 4.69) is 15.0 Å². The second-order valence-electron chi connectivity index (χ2n) is 6.86. The molecule has 1 aromatic heterocycles. The Balaban J connectivity index is 1.36. The first-order valence-electron chi connectivity index (χ1n) is 9.80. The molecule has 1 unspecified atom stereocenters. The minimum atomic E-state index is -0.489. The minimum Gasteiger partial charge on any atom is -0.493 e. The summed E-state index contributed by atoms with van der Waals surface area (Å²) in [5.41, 5.74) is 2.22. The molecule has 0 spiro atoms. The van der Waals surface area contributed by atoms with E-state index < -0.39 is 6.09 Å². The van der Waals surface area contributed by atoms with Gasteiger partial charge in [-0.2, -0.15) is 0 Å². The number of amides is 2. The molecule has 1 aliphatic rings. The van der Waals surface area contributed by atoms with Gasteiger partial charge in [0, 0.05) is 34.8 Å². The Morgan fingerprint density at radius 3 is 2.71 bits per heavy atom. The summed E-state index contributed by atoms with van der Waals surface area (Å²) in [5, 5.41) is 2.89. The quantitative estimate of drug-likeness (QED) is 0.562. The van der Waals surface area contributed by atoms with Gasteiger partial charge in [0.05, 0.1) is 12.6 Å². The summed E-state index contributed by atoms with van der Waals surface area (Å²) in [6.07, 6.45) is 3.47. The van der Waals surface area contributed by atoms with Crippen molar-refractivity contribution in [3.05, 3.63) is 89.7 Å². The molecule has 0 bridgehead atoms. The number of carbonyl (C=O) groups excluding carboxylic acids is 2. The number of alkyl carbamates (subject to hydrolysis) is 1. The lowest BCUT2D eigenvalue weighted by Gasteiger charge is -2.26. The lowest BCUT2D eigenvalue weighted by Crippen LogP contribution is -2.32. The van der Waals surface area contributed by atoms with E-state index in [-0.39, 0.29) is 18.6 Å². The molecule has 0 saturated heterocycles. The van der Waals surface area contributed by atoms with Gasteiger partial charge in [0.1, 0.15) is 12.4 Å². The van der Waals surface area contributed by atoms with Crippen LogP contribution in [0, 0.1) is 0 Å². The monoisotopic (exact) mass is 435 g/mol. The van der Waals surface area contributed by atoms with Crippen LogP contribution in [0.25, 0.3) is 0 Å². The van der Waals surface area contributed by atoms with E-state index in [1.807, 2.05) is 48.5 Å². The molecule has 0 aliphatic carbocycles. The standard InChI is InChI=1S/C23H21N3O4S/c27-22(26-31-18-8-11-24-12-9-18)17-6-7-19-20(10-13-29-21(19)14-17)25-23(28)30-15-16-4-2-1-3-5-16/h1-9,11-12,14,20H,10,13,15H2,(H,25,28)(H,26,27). The number of benzene rings is 2. The SMILES string of the molecule is O=C(NC1CCOc2cc(C(=O)NSc3ccncc3)ccc21)OCc1ccccc1. The smallest absolute Gasteiger partial charge is 0.407 e. The van der Waals surface area contributed by atoms with Crippen molar-refractivity contribution in [2.24, 2.45) is 0 Å². The molecule has 2 heterocycles. The molecule has 31 heavy (non-hydrogen) atoms. The molecule has 3 aromatic rings. The number of nitrogens with zero attached hydrogens (tertiary/aromatic N) is 1. The molecule has 2 amide bonds. The number of rotatable bonds is 6. The molecule has 1 aliphatic heterocycles. The second-order valence-corrected chi connectivity index (χ2v) is 7.74. The van der Waals surface area contributed by atoms with Crippen LogP contribution in [0.2, 0.25) is 0 Å². The van der Waals surface area contributed by atoms with Gasteiger partial charge in [-0.25, -0.2) is 4.79 Å². The van der Waals surface area contributed by atoms with Gasteiger partial charge < -0.3 is 14.8 Å². The van der Waals surface area contributed by atoms with Crippen LogP contribution in [0.4, 0.5) is 4.79 Å². The Morgan fingerprint density at radius 1 is 1.10 bits per heavy atom. The highest BCUT2D eigenvalue weighted by atomic mass is 32.2. The van der Waals surface area contributed by atoms with E-state index in [0.717, 1.165) is 16.0 Å². The average molecular weight is 436 g/mol. The maximum Gasteiger partial charge on any atom is 0.407 e. The molecule has 158 valence electrons. The first kappa shape index (κ1) is 20.7. The van der Waals surface area contributed by atoms with Crippen LogP contribution in [0.1, 0.15) is 33.9 Å². The number of ether oxygens (including phenoxy) is 2. The van der Waals surface area contributed by atoms with E-state index in [1.165, 1.54) is 11.9 Å². The lowest BCUT2D eigenvalue weighted by atomic mass is 9.99. The number of hydrogen-bond donors (Lipinski definition) is 2. The fraction of sp³-hybridized carbons (Fsp3) is 0.174. The Bertz CT molecular complexity index is 1050. The molecule has 2 aromatic carbocycles. The molecule has 1 atom stereocenters. The van der Waals surface area contributed by atoms with Gasteiger partial charge in [-0.15, -0.1) is 0 Å². The molecular weight excluding hydrogens is 414 g/mol. The maximum atomic E-state index is 12.5. The van der Waals surface area contributed by atoms with Crippen molar-refractivity contribution in [2.75, 3.05) is 6.61 Å². The zero-order valence-electron chi connectivity index (χ0n) is 16.6. The minimum absolute atomic E-state index is 0.205. The predicted molar refractivity (Wildman–Crippen MR) is 117 cm³/mol. The lowest BCUT2D eigenvalue weighted by molar-refractivity contribution is 0.0983. The molecule has 4 rings (SSSR count). The summed E-state index contributed by atoms with van der Waals surface area (Å²) in [4.78, 5) is 29.6. The van der Waals surface area contributed by atoms with Crippen LogP contribution in [-0.2, 0) is 11.3 Å². The molecule has 0 fully saturated rings. The van der Waals surface area contributed by atoms with E-state index in [1.54, 1.807) is 24.5 Å². The summed E-state index contributed by atoms with van der Waals surface area (Å²) in [7, 11) is 0. The zero-order chi connectivity index (χ0) is 21.5. The van der Waals surface area contributed by atoms with Crippen molar-refractivity contribution in [1.29, 1.82) is 0 Å². The third-order valence-corrected chi connectivity index (χ3v) is 5.53. The van der Waals surface area contributed by atoms with Crippen molar-refractivity contribution >= 4 is 23.9 Å². The molecule has 0 saturated carbocycles. The summed E-state index contributed by atoms with van der Waals surface area (Å²) in [5.74, 6) is 0.353. The van der Waals surface area contributed by atoms with Crippen molar-refractivity contribution in [2.45, 2.75) is 24.0 Å². The number of pyridine rings is 1. The summed E-state index contributed by atoms with van der Waals surface area (Å²) in [6, 6.07) is 18.1. The van der Waals surface area contributed by atoms with Gasteiger partial charge in [0.15, 0.2) is 0 Å². The van der Waals surface area contributed by atoms with Gasteiger partial charge in [-0.3, -0.25) is 14.5 Å². The fourth-order valence-electron chi connectivity index (χ4n) is 3.16. The summed E-state index contributed by atoms with van der Waals surface area (Å²) in [6.45, 7) is 0.643. The molecule has 8 heteroatoms. The number of fused-ring (bicyclic) bond motifs is 1. The number of hydrogen-bond acceptors (Lipinski definition) is 6. The Kier molecular flexibility index (Phi) is 6.68. The van der Waals surface area contributed by atoms with Crippen molar-refractivity contribution in [1.82, 2.24) is 15.0 Å². The first-order chi connectivity index (χ1) is 15.2. The van der Waals surface area contributed by atoms with Crippen LogP contribution in [0.15, 0.2) is 78.0 Å². The highest BCUT2D eigenvalue weighted by Crippen LogP contribution is 2.33. The number of nitrogens with one attached hydrogen (secondary N) is 2. The van der Waals surface area contributed by atoms with Gasteiger partial charge in [-0.1, -0.05) is 36.4 Å². The average Bonchev–Trinajstić information content (AvgIpc) is 2.82. The van der Waals surface area contributed by atoms with Crippen LogP contribution >= 0.6 is 11.9 Å². The number of carbonyl (C=O) groups is 2. The largest absolute Gasteiger partial charge is 0.493 e. The van der Waals surface area contributed by atoms with Crippen LogP contribution in [0.3, 0.4) is 0 Å². The highest BCUT2D eigenvalue weighted by Gasteiger charge is 2.24. The fourth-order valence-corrected chi connectivity index (χ4v) is 3.74. The molecule has 0 radical (unpaired) electrons. The van der Waals surface area contributed by atoms with Gasteiger partial charge in [0.25, 0.3) is 5.91 Å². The normalized spacial score (nSPS) is 14.6. The van der Waals surface area contributed by atoms with E-state index >= 15 is 0 Å². The van der Waals surface area contributed by atoms with E-state index in [9.17, 15) is 9.59 Å². The molecule has 2 N–H and O–H groups in total. The van der Waals surface area contributed by atoms with Gasteiger partial charge >= 0.3 is 6.09 Å². The number of aromatic nitrogens is 1. The maximum absolute atomic E-state index is 12.5. The van der Waals surface area contributed by atoms with E-state index in [0.29, 0.717) is 24.3 Å². The topological polar surface area (TPSA) is 89.5 Å². The van der Waals surface area contributed by atoms with E-state index in [4.69, 9.17) is 9.47 Å². The van der Waals surface area contributed by atoms with Crippen LogP contribution in [0.5, 0.6) is 5.75 Å². The van der Waals surface area contributed by atoms with Gasteiger partial charge in [-0.05, 0) is 41.8 Å². The van der Waals surface area contributed by atoms with Crippen molar-refractivity contribution in [3.8, 4) is 5.75 Å². The Labute approximate surface area is 184 Å². The second kappa shape index (κ2) is 9.99. The third-order valence-electron chi connectivity index (χ3n) is 4.73. The Hall–Kier alpha value is -3.52. The van der Waals surface area contributed by atoms with Crippen molar-refractivity contribution in [3.63, 3.8) is 0 Å². The van der Waals surface area contributed by atoms with Crippen LogP contribution in [-0.4, -0.2) is 23.6 Å². The molecule has 7 nitrogen and oxygen atoms in total. The Morgan fingerprint density at radius 2 is 1.90 bits per heavy atom.